The lowest BCUT2D eigenvalue weighted by molar-refractivity contribution is -0.144. The molecule has 1 fully saturated rings. The van der Waals surface area contributed by atoms with E-state index in [1.165, 1.54) is 17.9 Å². The Morgan fingerprint density at radius 3 is 2.45 bits per heavy atom. The van der Waals surface area contributed by atoms with E-state index < -0.39 is 23.9 Å². The zero-order chi connectivity index (χ0) is 21.1. The molecule has 2 aromatic rings. The van der Waals surface area contributed by atoms with E-state index in [0.29, 0.717) is 17.0 Å². The van der Waals surface area contributed by atoms with Gasteiger partial charge in [0.15, 0.2) is 11.2 Å². The number of amides is 2. The van der Waals surface area contributed by atoms with Crippen molar-refractivity contribution in [3.05, 3.63) is 65.2 Å². The van der Waals surface area contributed by atoms with Gasteiger partial charge in [0, 0.05) is 0 Å². The number of benzene rings is 2. The van der Waals surface area contributed by atoms with Crippen LogP contribution in [-0.2, 0) is 14.4 Å². The second-order valence-electron chi connectivity index (χ2n) is 6.41. The molecule has 148 valence electrons. The molecule has 0 unspecified atom stereocenters. The lowest BCUT2D eigenvalue weighted by Crippen LogP contribution is -2.54. The predicted octanol–water partition coefficient (Wildman–Crippen LogP) is 2.68. The molecule has 0 spiro atoms. The van der Waals surface area contributed by atoms with Gasteiger partial charge in [0.2, 0.25) is 0 Å². The van der Waals surface area contributed by atoms with Crippen LogP contribution in [0, 0.1) is 6.92 Å². The number of carbonyl (C=O) groups is 3. The highest BCUT2D eigenvalue weighted by Gasteiger charge is 2.34. The molecule has 2 aromatic carbocycles. The van der Waals surface area contributed by atoms with Crippen molar-refractivity contribution in [2.75, 3.05) is 4.90 Å². The van der Waals surface area contributed by atoms with Crippen LogP contribution in [0.25, 0.3) is 6.08 Å². The molecule has 3 rings (SSSR count). The third kappa shape index (κ3) is 4.33. The molecule has 0 aliphatic carbocycles. The number of thiocarbonyl (C=S) groups is 1. The molecule has 2 amide bonds. The average Bonchev–Trinajstić information content (AvgIpc) is 2.67. The minimum Gasteiger partial charge on any atom is -0.479 e. The topological polar surface area (TPSA) is 95.9 Å². The summed E-state index contributed by atoms with van der Waals surface area (Å²) in [6.45, 7) is 3.27. The van der Waals surface area contributed by atoms with Gasteiger partial charge < -0.3 is 9.84 Å². The quantitative estimate of drug-likeness (QED) is 0.447. The summed E-state index contributed by atoms with van der Waals surface area (Å²) in [5.41, 5.74) is 1.96. The van der Waals surface area contributed by atoms with Gasteiger partial charge in [0.25, 0.3) is 11.8 Å². The maximum atomic E-state index is 13.0. The van der Waals surface area contributed by atoms with Gasteiger partial charge in [-0.2, -0.15) is 0 Å². The molecule has 7 nitrogen and oxygen atoms in total. The van der Waals surface area contributed by atoms with Gasteiger partial charge in [-0.05, 0) is 61.5 Å². The van der Waals surface area contributed by atoms with Crippen LogP contribution in [0.3, 0.4) is 0 Å². The van der Waals surface area contributed by atoms with Gasteiger partial charge in [-0.1, -0.05) is 30.3 Å². The second kappa shape index (κ2) is 8.24. The van der Waals surface area contributed by atoms with Crippen LogP contribution in [0.4, 0.5) is 5.69 Å². The van der Waals surface area contributed by atoms with Gasteiger partial charge in [-0.15, -0.1) is 0 Å². The summed E-state index contributed by atoms with van der Waals surface area (Å²) < 4.78 is 5.27. The number of hydrogen-bond acceptors (Lipinski definition) is 5. The standard InChI is InChI=1S/C21H18N2O5S/c1-12-5-3-4-6-17(12)23-19(25)16(18(24)22-21(23)29)11-14-7-9-15(10-8-14)28-13(2)20(26)27/h3-11,13H,1-2H3,(H,26,27)(H,22,24,29)/b16-11+/t13-/m0/s1. The molecule has 1 aliphatic heterocycles. The van der Waals surface area contributed by atoms with Crippen LogP contribution in [-0.4, -0.2) is 34.1 Å². The summed E-state index contributed by atoms with van der Waals surface area (Å²) in [4.78, 5) is 37.5. The van der Waals surface area contributed by atoms with Gasteiger partial charge in [0.05, 0.1) is 5.69 Å². The Morgan fingerprint density at radius 2 is 1.83 bits per heavy atom. The van der Waals surface area contributed by atoms with Crippen LogP contribution in [0.5, 0.6) is 5.75 Å². The fraction of sp³-hybridized carbons (Fsp3) is 0.143. The summed E-state index contributed by atoms with van der Waals surface area (Å²) in [7, 11) is 0. The van der Waals surface area contributed by atoms with Crippen molar-refractivity contribution in [1.82, 2.24) is 5.32 Å². The number of aryl methyl sites for hydroxylation is 1. The van der Waals surface area contributed by atoms with Crippen molar-refractivity contribution < 1.29 is 24.2 Å². The molecule has 0 aromatic heterocycles. The van der Waals surface area contributed by atoms with Crippen molar-refractivity contribution >= 4 is 46.9 Å². The van der Waals surface area contributed by atoms with Crippen LogP contribution in [0.1, 0.15) is 18.1 Å². The van der Waals surface area contributed by atoms with E-state index in [9.17, 15) is 14.4 Å². The highest BCUT2D eigenvalue weighted by molar-refractivity contribution is 7.80. The molecule has 0 radical (unpaired) electrons. The Hall–Kier alpha value is -3.52. The van der Waals surface area contributed by atoms with Crippen LogP contribution >= 0.6 is 12.2 Å². The van der Waals surface area contributed by atoms with Crippen molar-refractivity contribution in [2.24, 2.45) is 0 Å². The number of ether oxygens (including phenoxy) is 1. The lowest BCUT2D eigenvalue weighted by Gasteiger charge is -2.30. The third-order valence-electron chi connectivity index (χ3n) is 4.31. The first-order valence-corrected chi connectivity index (χ1v) is 9.15. The number of hydrogen-bond donors (Lipinski definition) is 2. The minimum absolute atomic E-state index is 0.0258. The third-order valence-corrected chi connectivity index (χ3v) is 4.59. The largest absolute Gasteiger partial charge is 0.479 e. The van der Waals surface area contributed by atoms with Crippen molar-refractivity contribution in [2.45, 2.75) is 20.0 Å². The number of nitrogens with one attached hydrogen (secondary N) is 1. The Morgan fingerprint density at radius 1 is 1.17 bits per heavy atom. The minimum atomic E-state index is -1.08. The summed E-state index contributed by atoms with van der Waals surface area (Å²) >= 11 is 5.20. The first-order valence-electron chi connectivity index (χ1n) is 8.74. The number of carboxylic acid groups (broad SMARTS) is 1. The average molecular weight is 410 g/mol. The van der Waals surface area contributed by atoms with Crippen LogP contribution < -0.4 is 15.0 Å². The molecule has 0 saturated carbocycles. The molecule has 1 aliphatic rings. The van der Waals surface area contributed by atoms with E-state index in [1.54, 1.807) is 36.4 Å². The van der Waals surface area contributed by atoms with Gasteiger partial charge in [-0.25, -0.2) is 4.79 Å². The molecule has 8 heteroatoms. The monoisotopic (exact) mass is 410 g/mol. The van der Waals surface area contributed by atoms with Gasteiger partial charge in [0.1, 0.15) is 11.3 Å². The maximum absolute atomic E-state index is 13.0. The number of carboxylic acids is 1. The number of aliphatic carboxylic acids is 1. The molecular weight excluding hydrogens is 392 g/mol. The zero-order valence-corrected chi connectivity index (χ0v) is 16.5. The fourth-order valence-electron chi connectivity index (χ4n) is 2.75. The van der Waals surface area contributed by atoms with Crippen molar-refractivity contribution in [3.8, 4) is 5.75 Å². The first kappa shape index (κ1) is 20.2. The predicted molar refractivity (Wildman–Crippen MR) is 112 cm³/mol. The van der Waals surface area contributed by atoms with Crippen LogP contribution in [0.2, 0.25) is 0 Å². The number of nitrogens with zero attached hydrogens (tertiary/aromatic N) is 1. The summed E-state index contributed by atoms with van der Waals surface area (Å²) in [6, 6.07) is 13.6. The van der Waals surface area contributed by atoms with Gasteiger partial charge in [-0.3, -0.25) is 19.8 Å². The normalized spacial score (nSPS) is 16.6. The first-order chi connectivity index (χ1) is 13.8. The zero-order valence-electron chi connectivity index (χ0n) is 15.7. The Bertz CT molecular complexity index is 1030. The Labute approximate surface area is 172 Å². The van der Waals surface area contributed by atoms with Crippen LogP contribution in [0.15, 0.2) is 54.1 Å². The second-order valence-corrected chi connectivity index (χ2v) is 6.80. The van der Waals surface area contributed by atoms with E-state index in [1.807, 2.05) is 19.1 Å². The molecule has 2 N–H and O–H groups in total. The summed E-state index contributed by atoms with van der Waals surface area (Å²) in [5, 5.41) is 11.5. The van der Waals surface area contributed by atoms with Crippen molar-refractivity contribution in [1.29, 1.82) is 0 Å². The molecule has 0 bridgehead atoms. The van der Waals surface area contributed by atoms with E-state index in [0.717, 1.165) is 5.56 Å². The van der Waals surface area contributed by atoms with E-state index in [4.69, 9.17) is 22.1 Å². The van der Waals surface area contributed by atoms with Gasteiger partial charge >= 0.3 is 5.97 Å². The SMILES string of the molecule is Cc1ccccc1N1C(=O)/C(=C/c2ccc(O[C@@H](C)C(=O)O)cc2)C(=O)NC1=S. The molecule has 1 atom stereocenters. The molecule has 1 heterocycles. The summed E-state index contributed by atoms with van der Waals surface area (Å²) in [6.07, 6.45) is 0.461. The molecular formula is C21H18N2O5S. The number of anilines is 1. The number of rotatable bonds is 5. The highest BCUT2D eigenvalue weighted by Crippen LogP contribution is 2.25. The van der Waals surface area contributed by atoms with E-state index >= 15 is 0 Å². The van der Waals surface area contributed by atoms with Crippen molar-refractivity contribution in [3.63, 3.8) is 0 Å². The Balaban J connectivity index is 1.89. The van der Waals surface area contributed by atoms with E-state index in [-0.39, 0.29) is 10.7 Å². The number of para-hydroxylation sites is 1. The highest BCUT2D eigenvalue weighted by atomic mass is 32.1. The van der Waals surface area contributed by atoms with E-state index in [2.05, 4.69) is 5.32 Å². The summed E-state index contributed by atoms with van der Waals surface area (Å²) in [5.74, 6) is -1.81. The molecule has 29 heavy (non-hydrogen) atoms. The molecule has 1 saturated heterocycles. The smallest absolute Gasteiger partial charge is 0.344 e. The lowest BCUT2D eigenvalue weighted by atomic mass is 10.1. The fourth-order valence-corrected chi connectivity index (χ4v) is 3.03. The number of carbonyl (C=O) groups excluding carboxylic acids is 2. The maximum Gasteiger partial charge on any atom is 0.344 e. The Kier molecular flexibility index (Phi) is 5.74.